The van der Waals surface area contributed by atoms with Crippen LogP contribution in [0.2, 0.25) is 10.0 Å². The number of rotatable bonds is 3. The van der Waals surface area contributed by atoms with Crippen LogP contribution in [0.25, 0.3) is 11.3 Å². The van der Waals surface area contributed by atoms with Crippen LogP contribution in [0, 0.1) is 0 Å². The van der Waals surface area contributed by atoms with Gasteiger partial charge in [-0.25, -0.2) is 0 Å². The van der Waals surface area contributed by atoms with E-state index in [2.05, 4.69) is 27.5 Å². The van der Waals surface area contributed by atoms with Crippen molar-refractivity contribution in [3.63, 3.8) is 0 Å². The average Bonchev–Trinajstić information content (AvgIpc) is 2.99. The molecular weight excluding hydrogens is 335 g/mol. The lowest BCUT2D eigenvalue weighted by Gasteiger charge is -2.29. The fraction of sp³-hybridized carbons (Fsp3) is 0.375. The lowest BCUT2D eigenvalue weighted by molar-refractivity contribution is 0.0912. The van der Waals surface area contributed by atoms with E-state index in [4.69, 9.17) is 23.2 Å². The summed E-state index contributed by atoms with van der Waals surface area (Å²) in [4.78, 5) is 14.6. The minimum absolute atomic E-state index is 0.136. The third-order valence-electron chi connectivity index (χ3n) is 4.08. The molecule has 3 rings (SSSR count). The SMILES string of the molecule is CN1CCC(NC(=O)c2cc(-c3ccc(Cl)cc3Cl)n[nH]2)CC1. The number of nitrogens with one attached hydrogen (secondary N) is 2. The minimum atomic E-state index is -0.136. The second-order valence-electron chi connectivity index (χ2n) is 5.84. The fourth-order valence-corrected chi connectivity index (χ4v) is 3.19. The highest BCUT2D eigenvalue weighted by Crippen LogP contribution is 2.29. The molecule has 1 saturated heterocycles. The molecule has 0 saturated carbocycles. The minimum Gasteiger partial charge on any atom is -0.348 e. The first-order valence-electron chi connectivity index (χ1n) is 7.53. The molecule has 1 aliphatic rings. The maximum atomic E-state index is 12.3. The molecule has 0 bridgehead atoms. The van der Waals surface area contributed by atoms with Gasteiger partial charge in [0.1, 0.15) is 5.69 Å². The molecule has 1 fully saturated rings. The molecule has 0 aliphatic carbocycles. The van der Waals surface area contributed by atoms with Crippen LogP contribution >= 0.6 is 23.2 Å². The van der Waals surface area contributed by atoms with Gasteiger partial charge in [-0.05, 0) is 57.2 Å². The molecule has 1 aromatic carbocycles. The summed E-state index contributed by atoms with van der Waals surface area (Å²) in [6.07, 6.45) is 1.93. The van der Waals surface area contributed by atoms with Crippen LogP contribution in [0.1, 0.15) is 23.3 Å². The molecule has 5 nitrogen and oxygen atoms in total. The molecule has 2 heterocycles. The number of hydrogen-bond donors (Lipinski definition) is 2. The monoisotopic (exact) mass is 352 g/mol. The summed E-state index contributed by atoms with van der Waals surface area (Å²) in [7, 11) is 2.09. The average molecular weight is 353 g/mol. The van der Waals surface area contributed by atoms with E-state index in [-0.39, 0.29) is 11.9 Å². The van der Waals surface area contributed by atoms with Gasteiger partial charge in [0.05, 0.1) is 10.7 Å². The Morgan fingerprint density at radius 2 is 2.04 bits per heavy atom. The largest absolute Gasteiger partial charge is 0.348 e. The first-order chi connectivity index (χ1) is 11.0. The lowest BCUT2D eigenvalue weighted by Crippen LogP contribution is -2.43. The van der Waals surface area contributed by atoms with Crippen LogP contribution in [-0.4, -0.2) is 47.2 Å². The van der Waals surface area contributed by atoms with Crippen LogP contribution in [0.4, 0.5) is 0 Å². The summed E-state index contributed by atoms with van der Waals surface area (Å²) in [6.45, 7) is 2.00. The molecule has 1 amide bonds. The zero-order valence-electron chi connectivity index (χ0n) is 12.8. The molecule has 23 heavy (non-hydrogen) atoms. The molecule has 0 radical (unpaired) electrons. The second-order valence-corrected chi connectivity index (χ2v) is 6.69. The summed E-state index contributed by atoms with van der Waals surface area (Å²) in [5.74, 6) is -0.136. The Labute approximate surface area is 145 Å². The lowest BCUT2D eigenvalue weighted by atomic mass is 10.1. The van der Waals surface area contributed by atoms with Crippen LogP contribution in [0.15, 0.2) is 24.3 Å². The Bertz CT molecular complexity index is 708. The van der Waals surface area contributed by atoms with Crippen LogP contribution in [0.3, 0.4) is 0 Å². The van der Waals surface area contributed by atoms with E-state index in [0.29, 0.717) is 21.4 Å². The van der Waals surface area contributed by atoms with Crippen molar-refractivity contribution in [1.29, 1.82) is 0 Å². The predicted octanol–water partition coefficient (Wildman–Crippen LogP) is 3.21. The van der Waals surface area contributed by atoms with Gasteiger partial charge in [0.15, 0.2) is 0 Å². The summed E-state index contributed by atoms with van der Waals surface area (Å²) >= 11 is 12.1. The molecule has 7 heteroatoms. The van der Waals surface area contributed by atoms with Gasteiger partial charge in [-0.15, -0.1) is 0 Å². The number of benzene rings is 1. The van der Waals surface area contributed by atoms with Crippen molar-refractivity contribution >= 4 is 29.1 Å². The van der Waals surface area contributed by atoms with E-state index in [9.17, 15) is 4.79 Å². The van der Waals surface area contributed by atoms with Crippen molar-refractivity contribution in [3.05, 3.63) is 40.0 Å². The maximum Gasteiger partial charge on any atom is 0.269 e. The van der Waals surface area contributed by atoms with Crippen molar-refractivity contribution in [3.8, 4) is 11.3 Å². The number of aromatic nitrogens is 2. The van der Waals surface area contributed by atoms with Gasteiger partial charge < -0.3 is 10.2 Å². The number of amides is 1. The number of nitrogens with zero attached hydrogens (tertiary/aromatic N) is 2. The summed E-state index contributed by atoms with van der Waals surface area (Å²) in [6, 6.07) is 7.12. The highest BCUT2D eigenvalue weighted by molar-refractivity contribution is 6.36. The predicted molar refractivity (Wildman–Crippen MR) is 92.0 cm³/mol. The number of halogens is 2. The van der Waals surface area contributed by atoms with Gasteiger partial charge in [0.2, 0.25) is 0 Å². The van der Waals surface area contributed by atoms with E-state index in [1.807, 2.05) is 0 Å². The Morgan fingerprint density at radius 3 is 2.74 bits per heavy atom. The van der Waals surface area contributed by atoms with E-state index in [0.717, 1.165) is 31.5 Å². The third-order valence-corrected chi connectivity index (χ3v) is 4.63. The first kappa shape index (κ1) is 16.3. The molecule has 2 N–H and O–H groups in total. The Hall–Kier alpha value is -1.56. The van der Waals surface area contributed by atoms with Crippen LogP contribution in [0.5, 0.6) is 0 Å². The molecule has 122 valence electrons. The Morgan fingerprint density at radius 1 is 1.30 bits per heavy atom. The molecule has 0 atom stereocenters. The van der Waals surface area contributed by atoms with E-state index >= 15 is 0 Å². The van der Waals surface area contributed by atoms with Gasteiger partial charge >= 0.3 is 0 Å². The normalized spacial score (nSPS) is 16.5. The van der Waals surface area contributed by atoms with Crippen molar-refractivity contribution in [2.45, 2.75) is 18.9 Å². The van der Waals surface area contributed by atoms with E-state index in [1.165, 1.54) is 0 Å². The van der Waals surface area contributed by atoms with Crippen LogP contribution < -0.4 is 5.32 Å². The van der Waals surface area contributed by atoms with Gasteiger partial charge in [0, 0.05) is 16.6 Å². The summed E-state index contributed by atoms with van der Waals surface area (Å²) in [5, 5.41) is 11.1. The zero-order chi connectivity index (χ0) is 16.4. The third kappa shape index (κ3) is 3.86. The molecule has 1 aromatic heterocycles. The Balaban J connectivity index is 1.70. The van der Waals surface area contributed by atoms with Gasteiger partial charge in [-0.1, -0.05) is 23.2 Å². The molecular formula is C16H18Cl2N4O. The smallest absolute Gasteiger partial charge is 0.269 e. The molecule has 1 aliphatic heterocycles. The second kappa shape index (κ2) is 6.91. The molecule has 0 spiro atoms. The standard InChI is InChI=1S/C16H18Cl2N4O/c1-22-6-4-11(5-7-22)19-16(23)15-9-14(20-21-15)12-3-2-10(17)8-13(12)18/h2-3,8-9,11H,4-7H2,1H3,(H,19,23)(H,20,21). The van der Waals surface area contributed by atoms with Gasteiger partial charge in [-0.2, -0.15) is 5.10 Å². The highest BCUT2D eigenvalue weighted by Gasteiger charge is 2.20. The van der Waals surface area contributed by atoms with Crippen molar-refractivity contribution in [2.75, 3.05) is 20.1 Å². The zero-order valence-corrected chi connectivity index (χ0v) is 14.3. The summed E-state index contributed by atoms with van der Waals surface area (Å²) < 4.78 is 0. The number of aromatic amines is 1. The highest BCUT2D eigenvalue weighted by atomic mass is 35.5. The summed E-state index contributed by atoms with van der Waals surface area (Å²) in [5.41, 5.74) is 1.80. The van der Waals surface area contributed by atoms with E-state index in [1.54, 1.807) is 24.3 Å². The molecule has 2 aromatic rings. The van der Waals surface area contributed by atoms with Crippen molar-refractivity contribution < 1.29 is 4.79 Å². The Kier molecular flexibility index (Phi) is 4.90. The first-order valence-corrected chi connectivity index (χ1v) is 8.29. The van der Waals surface area contributed by atoms with E-state index < -0.39 is 0 Å². The number of piperidine rings is 1. The van der Waals surface area contributed by atoms with Gasteiger partial charge in [-0.3, -0.25) is 9.89 Å². The van der Waals surface area contributed by atoms with Crippen LogP contribution in [-0.2, 0) is 0 Å². The topological polar surface area (TPSA) is 61.0 Å². The quantitative estimate of drug-likeness (QED) is 0.891. The van der Waals surface area contributed by atoms with Crippen molar-refractivity contribution in [2.24, 2.45) is 0 Å². The number of carbonyl (C=O) groups excluding carboxylic acids is 1. The molecule has 0 unspecified atom stereocenters. The number of H-pyrrole nitrogens is 1. The fourth-order valence-electron chi connectivity index (χ4n) is 2.69. The number of carbonyl (C=O) groups is 1. The number of likely N-dealkylation sites (tertiary alicyclic amines) is 1. The van der Waals surface area contributed by atoms with Gasteiger partial charge in [0.25, 0.3) is 5.91 Å². The maximum absolute atomic E-state index is 12.3. The van der Waals surface area contributed by atoms with Crippen molar-refractivity contribution in [1.82, 2.24) is 20.4 Å². The number of hydrogen-bond acceptors (Lipinski definition) is 3.